The number of alkyl halides is 5. The van der Waals surface area contributed by atoms with E-state index in [1.165, 1.54) is 0 Å². The van der Waals surface area contributed by atoms with Crippen LogP contribution in [0.2, 0.25) is 0 Å². The number of rotatable bonds is 4. The molecule has 12 heterocycles. The Balaban J connectivity index is 0.000000129. The number of aryl methyl sites for hydroxylation is 1. The molecule has 0 saturated carbocycles. The standard InChI is InChI=1S/C20H19F3N6O4.C20H20F2N6O4.C20H22N6O4/c1-8-7-29-12-4-3-10(14-24-15(28-27-14)20(21,22)23)5-11(12)6-19(13(29)9(2)33-8)16(30)25-18(32)26-17(19)31;1-8-7-28-12-4-3-10(15-23-16(14(21)22)27-26-15)5-11(12)6-20(13(28)9(2)32-8)17(29)24-19(31)25-18(20)30;1-9-8-26-14-5-4-12(16-21-11(3)24-25-16)6-13(14)7-20(15(26)10(2)30-9)17(27)22-19(29)23-18(20)28/h3-5,8-9,13H,6-7H2,1-2H3,(H,24,27,28)(H2,25,26,30,31,32);3-5,8-9,13-14H,6-7H2,1-2H3,(H,23,26,27)(H2,24,25,29,30,31);4-6,9-10,15H,7-8H2,1-3H3,(H,21,24,25)(H2,22,23,27,28,29)/t2*8-,9+,13-;9-,10+,15-/m111/s1. The molecule has 15 rings (SSSR count). The Kier molecular flexibility index (Phi) is 15.5. The summed E-state index contributed by atoms with van der Waals surface area (Å²) in [7, 11) is 0. The van der Waals surface area contributed by atoms with Crippen molar-refractivity contribution in [3.05, 3.63) is 88.8 Å². The fourth-order valence-corrected chi connectivity index (χ4v) is 15.3. The van der Waals surface area contributed by atoms with Gasteiger partial charge in [0.25, 0.3) is 6.43 Å². The minimum Gasteiger partial charge on any atom is -0.372 e. The van der Waals surface area contributed by atoms with E-state index < -0.39 is 124 Å². The van der Waals surface area contributed by atoms with E-state index in [9.17, 15) is 65.1 Å². The van der Waals surface area contributed by atoms with Gasteiger partial charge in [0.1, 0.15) is 5.82 Å². The van der Waals surface area contributed by atoms with Crippen LogP contribution in [0.4, 0.5) is 53.4 Å². The van der Waals surface area contributed by atoms with E-state index >= 15 is 0 Å². The van der Waals surface area contributed by atoms with Gasteiger partial charge < -0.3 is 28.9 Å². The fourth-order valence-electron chi connectivity index (χ4n) is 15.3. The van der Waals surface area contributed by atoms with E-state index in [2.05, 4.69) is 77.2 Å². The summed E-state index contributed by atoms with van der Waals surface area (Å²) in [6.07, 6.45) is -9.24. The van der Waals surface area contributed by atoms with Crippen molar-refractivity contribution in [2.24, 2.45) is 16.2 Å². The smallest absolute Gasteiger partial charge is 0.372 e. The highest BCUT2D eigenvalue weighted by Gasteiger charge is 2.66. The topological polar surface area (TPSA) is 388 Å². The van der Waals surface area contributed by atoms with Gasteiger partial charge in [-0.25, -0.2) is 38.1 Å². The first-order chi connectivity index (χ1) is 45.0. The molecule has 0 aliphatic carbocycles. The molecule has 0 radical (unpaired) electrons. The number of carbonyl (C=O) groups excluding carboxylic acids is 9. The third-order valence-corrected chi connectivity index (χ3v) is 18.8. The molecule has 3 aromatic carbocycles. The molecule has 6 aromatic rings. The zero-order chi connectivity index (χ0) is 67.7. The van der Waals surface area contributed by atoms with Crippen LogP contribution in [-0.2, 0) is 68.4 Å². The number of fused-ring (bicyclic) bond motifs is 12. The van der Waals surface area contributed by atoms with Crippen LogP contribution < -0.4 is 46.6 Å². The maximum Gasteiger partial charge on any atom is 0.451 e. The highest BCUT2D eigenvalue weighted by Crippen LogP contribution is 2.51. The molecule has 6 fully saturated rings. The van der Waals surface area contributed by atoms with Crippen molar-refractivity contribution in [1.82, 2.24) is 77.4 Å². The van der Waals surface area contributed by atoms with Crippen molar-refractivity contribution in [3.63, 3.8) is 0 Å². The number of amides is 12. The number of benzene rings is 3. The summed E-state index contributed by atoms with van der Waals surface area (Å²) in [5, 5.41) is 32.0. The third-order valence-electron chi connectivity index (χ3n) is 18.8. The number of aromatic nitrogens is 9. The summed E-state index contributed by atoms with van der Waals surface area (Å²) in [6, 6.07) is 11.5. The van der Waals surface area contributed by atoms with E-state index in [4.69, 9.17) is 14.2 Å². The maximum atomic E-state index is 13.1. The molecule has 498 valence electrons. The molecule has 12 amide bonds. The van der Waals surface area contributed by atoms with Crippen molar-refractivity contribution < 1.29 is 79.3 Å². The van der Waals surface area contributed by atoms with E-state index in [0.29, 0.717) is 48.0 Å². The molecule has 30 nitrogen and oxygen atoms in total. The quantitative estimate of drug-likeness (QED) is 0.0902. The van der Waals surface area contributed by atoms with Gasteiger partial charge in [-0.1, -0.05) is 0 Å². The summed E-state index contributed by atoms with van der Waals surface area (Å²) in [5.74, 6) is -4.70. The summed E-state index contributed by atoms with van der Waals surface area (Å²) in [5.41, 5.74) is 1.26. The number of nitrogens with one attached hydrogen (secondary N) is 9. The van der Waals surface area contributed by atoms with Gasteiger partial charge in [-0.05, 0) is 139 Å². The number of carbonyl (C=O) groups is 9. The van der Waals surface area contributed by atoms with Gasteiger partial charge in [-0.3, -0.25) is 76.0 Å². The number of ether oxygens (including phenoxy) is 3. The Labute approximate surface area is 534 Å². The van der Waals surface area contributed by atoms with Crippen LogP contribution in [0.5, 0.6) is 0 Å². The molecule has 95 heavy (non-hydrogen) atoms. The molecule has 6 saturated heterocycles. The van der Waals surface area contributed by atoms with Gasteiger partial charge in [0.2, 0.25) is 41.3 Å². The number of hydrogen-bond acceptors (Lipinski definition) is 21. The summed E-state index contributed by atoms with van der Waals surface area (Å²) in [4.78, 5) is 132. The third kappa shape index (κ3) is 10.5. The number of aromatic amines is 3. The Morgan fingerprint density at radius 1 is 0.463 bits per heavy atom. The molecule has 3 aromatic heterocycles. The van der Waals surface area contributed by atoms with Gasteiger partial charge in [-0.15, -0.1) is 0 Å². The molecule has 9 atom stereocenters. The highest BCUT2D eigenvalue weighted by molar-refractivity contribution is 6.22. The number of urea groups is 3. The number of barbiturate groups is 3. The van der Waals surface area contributed by atoms with Gasteiger partial charge >= 0.3 is 24.3 Å². The SMILES string of the molecule is C[C@@H]1CN2c3ccc(-c4n[nH]c(C(F)(F)F)n4)cc3CC3(C(=O)NC(=O)NC3=O)[C@H]2[C@H](C)O1.C[C@@H]1CN2c3ccc(-c4n[nH]c(C(F)F)n4)cc3CC3(C(=O)NC(=O)NC3=O)[C@H]2[C@H](C)O1.Cc1nc(-c2ccc3c(c2)CC2(C(=O)NC(=O)NC2=O)[C@H]2[C@H](C)O[C@H](C)CN32)n[nH]1. The van der Waals surface area contributed by atoms with E-state index in [1.54, 1.807) is 50.2 Å². The number of imide groups is 6. The number of anilines is 3. The lowest BCUT2D eigenvalue weighted by atomic mass is 9.66. The minimum atomic E-state index is -4.68. The molecule has 3 spiro atoms. The fraction of sp³-hybridized carbons (Fsp3) is 0.450. The Morgan fingerprint density at radius 2 is 0.779 bits per heavy atom. The van der Waals surface area contributed by atoms with Crippen molar-refractivity contribution in [1.29, 1.82) is 0 Å². The van der Waals surface area contributed by atoms with Gasteiger partial charge in [-0.2, -0.15) is 28.5 Å². The van der Waals surface area contributed by atoms with Crippen molar-refractivity contribution in [2.45, 2.75) is 135 Å². The maximum absolute atomic E-state index is 13.1. The first-order valence-electron chi connectivity index (χ1n) is 30.3. The zero-order valence-electron chi connectivity index (χ0n) is 51.5. The number of nitrogens with zero attached hydrogens (tertiary/aromatic N) is 9. The summed E-state index contributed by atoms with van der Waals surface area (Å²) >= 11 is 0. The molecule has 9 aliphatic heterocycles. The van der Waals surface area contributed by atoms with Gasteiger partial charge in [0, 0.05) is 53.4 Å². The molecule has 0 unspecified atom stereocenters. The predicted molar refractivity (Wildman–Crippen MR) is 317 cm³/mol. The monoisotopic (exact) mass is 1320 g/mol. The number of H-pyrrole nitrogens is 3. The Bertz CT molecular complexity index is 4170. The number of halogens is 5. The number of morpholine rings is 3. The first-order valence-corrected chi connectivity index (χ1v) is 30.3. The van der Waals surface area contributed by atoms with Crippen molar-refractivity contribution in [3.8, 4) is 34.2 Å². The summed E-state index contributed by atoms with van der Waals surface area (Å²) < 4.78 is 82.5. The van der Waals surface area contributed by atoms with E-state index in [-0.39, 0.29) is 60.9 Å². The van der Waals surface area contributed by atoms with Gasteiger partial charge in [0.05, 0.1) is 54.7 Å². The second-order valence-corrected chi connectivity index (χ2v) is 25.0. The van der Waals surface area contributed by atoms with E-state index in [0.717, 1.165) is 28.2 Å². The van der Waals surface area contributed by atoms with Crippen LogP contribution in [-0.4, -0.2) is 173 Å². The van der Waals surface area contributed by atoms with Gasteiger partial charge in [0.15, 0.2) is 39.5 Å². The average Bonchev–Trinajstić information content (AvgIpc) is 1.24. The van der Waals surface area contributed by atoms with Crippen molar-refractivity contribution in [2.75, 3.05) is 34.3 Å². The van der Waals surface area contributed by atoms with Crippen molar-refractivity contribution >= 4 is 70.6 Å². The van der Waals surface area contributed by atoms with Crippen LogP contribution in [0.15, 0.2) is 54.6 Å². The molecular formula is C60H61F5N18O12. The van der Waals surface area contributed by atoms with Crippen LogP contribution >= 0.6 is 0 Å². The first kappa shape index (κ1) is 63.6. The van der Waals surface area contributed by atoms with E-state index in [1.807, 2.05) is 67.7 Å². The van der Waals surface area contributed by atoms with Crippen LogP contribution in [0, 0.1) is 23.2 Å². The molecular weight excluding hydrogens is 1260 g/mol. The van der Waals surface area contributed by atoms with Crippen LogP contribution in [0.25, 0.3) is 34.2 Å². The van der Waals surface area contributed by atoms with Crippen LogP contribution in [0.1, 0.15) is 82.1 Å². The lowest BCUT2D eigenvalue weighted by molar-refractivity contribution is -0.154. The second-order valence-electron chi connectivity index (χ2n) is 25.0. The minimum absolute atomic E-state index is 0.00348. The normalized spacial score (nSPS) is 26.8. The lowest BCUT2D eigenvalue weighted by Crippen LogP contribution is -2.75. The highest BCUT2D eigenvalue weighted by atomic mass is 19.4. The predicted octanol–water partition coefficient (Wildman–Crippen LogP) is 3.35. The lowest BCUT2D eigenvalue weighted by Gasteiger charge is -2.55. The van der Waals surface area contributed by atoms with Crippen LogP contribution in [0.3, 0.4) is 0 Å². The molecule has 35 heteroatoms. The Hall–Kier alpha value is -10.2. The molecule has 9 aliphatic rings. The second kappa shape index (κ2) is 23.1. The Morgan fingerprint density at radius 3 is 1.07 bits per heavy atom. The average molecular weight is 1320 g/mol. The summed E-state index contributed by atoms with van der Waals surface area (Å²) in [6.45, 7) is 14.3. The number of hydrogen-bond donors (Lipinski definition) is 9. The largest absolute Gasteiger partial charge is 0.451 e. The molecule has 0 bridgehead atoms. The zero-order valence-corrected chi connectivity index (χ0v) is 51.5. The molecule has 9 N–H and O–H groups in total.